The molecule has 0 aliphatic carbocycles. The third-order valence-corrected chi connectivity index (χ3v) is 11.2. The van der Waals surface area contributed by atoms with E-state index in [0.29, 0.717) is 13.2 Å². The van der Waals surface area contributed by atoms with Gasteiger partial charge in [-0.2, -0.15) is 14.5 Å². The van der Waals surface area contributed by atoms with Crippen molar-refractivity contribution in [1.82, 2.24) is 0 Å². The van der Waals surface area contributed by atoms with E-state index in [1.807, 2.05) is 6.07 Å². The molecule has 0 fully saturated rings. The predicted molar refractivity (Wildman–Crippen MR) is 267 cm³/mol. The molecule has 0 saturated carbocycles. The van der Waals surface area contributed by atoms with Crippen LogP contribution < -0.4 is 56.6 Å². The molecule has 8 aromatic carbocycles. The summed E-state index contributed by atoms with van der Waals surface area (Å²) in [6, 6.07) is 42.8. The van der Waals surface area contributed by atoms with Gasteiger partial charge in [0.15, 0.2) is 0 Å². The van der Waals surface area contributed by atoms with Crippen molar-refractivity contribution in [3.05, 3.63) is 141 Å². The average molecular weight is 1140 g/mol. The van der Waals surface area contributed by atoms with Gasteiger partial charge in [-0.3, -0.25) is 14.5 Å². The number of carbonyl (C=O) groups is 3. The molecule has 0 saturated heterocycles. The number of benzene rings is 8. The van der Waals surface area contributed by atoms with Gasteiger partial charge in [-0.05, 0) is 127 Å². The van der Waals surface area contributed by atoms with Crippen LogP contribution in [0.1, 0.15) is 51.7 Å². The number of ketones is 1. The van der Waals surface area contributed by atoms with Crippen LogP contribution in [0.5, 0.6) is 0 Å². The van der Waals surface area contributed by atoms with E-state index in [9.17, 15) is 14.4 Å². The van der Waals surface area contributed by atoms with Crippen LogP contribution in [0.25, 0.3) is 64.6 Å². The molecule has 0 amide bonds. The second kappa shape index (κ2) is 34.4. The minimum atomic E-state index is -3.15. The Labute approximate surface area is 499 Å². The second-order valence-corrected chi connectivity index (χ2v) is 16.3. The quantitative estimate of drug-likeness (QED) is 0.0243. The molecule has 18 heteroatoms. The Bertz CT molecular complexity index is 3000. The number of Topliss-reactive ketones (excluding diaryl/α,β-unsaturated/α-hetero) is 1. The first-order valence-corrected chi connectivity index (χ1v) is 40.0. The molecule has 0 atom stereocenters. The van der Waals surface area contributed by atoms with Gasteiger partial charge in [0.25, 0.3) is 0 Å². The van der Waals surface area contributed by atoms with Crippen LogP contribution in [0.3, 0.4) is 0 Å². The number of halogens is 2. The molecular formula is C50H44Br2K3O12P. The fourth-order valence-electron chi connectivity index (χ4n) is 7.31. The van der Waals surface area contributed by atoms with Crippen LogP contribution in [-0.4, -0.2) is 100 Å². The van der Waals surface area contributed by atoms with Crippen LogP contribution in [0.15, 0.2) is 130 Å². The van der Waals surface area contributed by atoms with Crippen molar-refractivity contribution in [3.8, 4) is 0 Å². The fraction of sp³-hybridized carbons (Fsp3) is 0.200. The van der Waals surface area contributed by atoms with Crippen LogP contribution in [0.2, 0.25) is 0 Å². The summed E-state index contributed by atoms with van der Waals surface area (Å²) >= 11 is 9.92. The van der Waals surface area contributed by atoms with Gasteiger partial charge in [-0.25, -0.2) is 13.9 Å². The standard InChI is InChI=1S/C25H24O3.C18H10Br2.C6H10O3.CO2.3K.HO4P/c1-3-9-17-14-23-22-13-8-6-11-20(22)18(16-25(26)28-27-4-2)15-24(23)21-12-7-5-10-19(17)21;19-17-10-16-12-6-2-4-8-14(12)18(20)9-15(16)11-5-1-3-7-13(11)17;1-3-9-6(8)4-5(2)7;2-1-3;;;;1-4-5(2)3/h5-8,10-15H,3-4,9,16H2,1-2H3;1-10H;3-4H2,1-2H3;;;;;1H/q;;;;;;+1;/p-1. The molecule has 0 aromatic heterocycles. The van der Waals surface area contributed by atoms with Crippen LogP contribution in [-0.2, 0) is 65.1 Å². The van der Waals surface area contributed by atoms with Crippen LogP contribution in [0, 0.1) is 0 Å². The van der Waals surface area contributed by atoms with Crippen molar-refractivity contribution in [2.75, 3.05) is 13.2 Å². The number of hydrogen-bond donors (Lipinski definition) is 0. The number of esters is 1. The Hall–Kier alpha value is -1.04. The summed E-state index contributed by atoms with van der Waals surface area (Å²) in [5, 5.41) is 23.4. The van der Waals surface area contributed by atoms with Gasteiger partial charge in [0.2, 0.25) is 0 Å². The summed E-state index contributed by atoms with van der Waals surface area (Å²) in [7, 11) is -3.15. The van der Waals surface area contributed by atoms with E-state index in [1.54, 1.807) is 13.8 Å². The molecule has 0 bridgehead atoms. The van der Waals surface area contributed by atoms with E-state index in [2.05, 4.69) is 163 Å². The van der Waals surface area contributed by atoms with Crippen molar-refractivity contribution >= 4 is 191 Å². The number of aryl methyl sites for hydroxylation is 1. The van der Waals surface area contributed by atoms with Crippen molar-refractivity contribution < 1.29 is 109 Å². The van der Waals surface area contributed by atoms with Gasteiger partial charge in [0.05, 0.1) is 19.6 Å². The molecule has 0 spiro atoms. The number of fused-ring (bicyclic) bond motifs is 10. The van der Waals surface area contributed by atoms with Gasteiger partial charge in [0.1, 0.15) is 12.2 Å². The molecule has 0 radical (unpaired) electrons. The zero-order valence-electron chi connectivity index (χ0n) is 38.9. The maximum absolute atomic E-state index is 12.2. The minimum absolute atomic E-state index is 0. The Kier molecular flexibility index (Phi) is 31.9. The first-order valence-electron chi connectivity index (χ1n) is 21.3. The normalized spacial score (nSPS) is 9.99. The van der Waals surface area contributed by atoms with Gasteiger partial charge >= 0.3 is 141 Å². The summed E-state index contributed by atoms with van der Waals surface area (Å²) in [5.74, 6) is -0.975. The van der Waals surface area contributed by atoms with Crippen molar-refractivity contribution in [2.45, 2.75) is 53.4 Å². The summed E-state index contributed by atoms with van der Waals surface area (Å²) in [4.78, 5) is 58.8. The molecule has 0 aliphatic heterocycles. The molecule has 8 rings (SSSR count). The zero-order valence-corrected chi connectivity index (χ0v) is 52.3. The summed E-state index contributed by atoms with van der Waals surface area (Å²) in [6.45, 7) is 7.75. The Morgan fingerprint density at radius 3 is 1.31 bits per heavy atom. The van der Waals surface area contributed by atoms with Gasteiger partial charge < -0.3 is 14.7 Å². The molecular weight excluding hydrogens is 1100 g/mol. The van der Waals surface area contributed by atoms with E-state index in [4.69, 9.17) is 33.8 Å². The van der Waals surface area contributed by atoms with Crippen LogP contribution >= 0.6 is 39.8 Å². The van der Waals surface area contributed by atoms with E-state index < -0.39 is 13.9 Å². The van der Waals surface area contributed by atoms with Crippen LogP contribution in [0.4, 0.5) is 0 Å². The van der Waals surface area contributed by atoms with Gasteiger partial charge in [0, 0.05) is 8.95 Å². The first-order chi connectivity index (χ1) is 32.3. The van der Waals surface area contributed by atoms with Gasteiger partial charge in [-0.15, -0.1) is 0 Å². The van der Waals surface area contributed by atoms with E-state index in [0.717, 1.165) is 32.7 Å². The molecule has 12 nitrogen and oxygen atoms in total. The number of ether oxygens (including phenoxy) is 1. The van der Waals surface area contributed by atoms with E-state index in [-0.39, 0.29) is 82.1 Å². The number of hydrogen-bond acceptors (Lipinski definition) is 12. The molecule has 0 heterocycles. The Morgan fingerprint density at radius 1 is 0.588 bits per heavy atom. The molecule has 338 valence electrons. The van der Waals surface area contributed by atoms with Crippen molar-refractivity contribution in [1.29, 1.82) is 0 Å². The monoisotopic (exact) mass is 1140 g/mol. The third-order valence-electron chi connectivity index (χ3n) is 9.72. The summed E-state index contributed by atoms with van der Waals surface area (Å²) in [6.07, 6.45) is 2.48. The number of rotatable bonds is 10. The topological polar surface area (TPSA) is 179 Å². The number of carbonyl (C=O) groups excluding carboxylic acids is 5. The summed E-state index contributed by atoms with van der Waals surface area (Å²) in [5.41, 5.74) is 2.33. The maximum atomic E-state index is 12.2. The third kappa shape index (κ3) is 18.8. The van der Waals surface area contributed by atoms with Crippen molar-refractivity contribution in [3.63, 3.8) is 0 Å². The fourth-order valence-corrected chi connectivity index (χ4v) is 8.46. The predicted octanol–water partition coefficient (Wildman–Crippen LogP) is 8.36. The zero-order chi connectivity index (χ0) is 49.5. The molecule has 0 aliphatic rings. The Balaban J connectivity index is 0.000000345. The van der Waals surface area contributed by atoms with E-state index in [1.165, 1.54) is 135 Å². The molecule has 68 heavy (non-hydrogen) atoms. The molecule has 8 aromatic rings. The SMILES string of the molecule is Brc1cc2c3ccccc3c(Br)cc2c2ccccc12.CCCc1cc2c3ccccc3c(CC(=O)OOCC)cc2c2ccccc12.CCOC(=O)CC(C)=O.O=C=O.O=P(=O)O[O-].[K+].[K][K]. The van der Waals surface area contributed by atoms with E-state index >= 15 is 0 Å². The average Bonchev–Trinajstić information content (AvgIpc) is 3.33. The van der Waals surface area contributed by atoms with Crippen molar-refractivity contribution in [2.24, 2.45) is 0 Å². The molecule has 0 N–H and O–H groups in total. The molecule has 0 unspecified atom stereocenters. The van der Waals surface area contributed by atoms with Gasteiger partial charge in [-0.1, -0.05) is 142 Å². The Morgan fingerprint density at radius 2 is 0.941 bits per heavy atom. The second-order valence-electron chi connectivity index (χ2n) is 14.0. The first kappa shape index (κ1) is 63.1. The summed E-state index contributed by atoms with van der Waals surface area (Å²) < 4.78 is 27.0.